The molecule has 2 aliphatic heterocycles. The molecule has 0 aliphatic carbocycles. The molecule has 4 amide bonds. The quantitative estimate of drug-likeness (QED) is 0.615. The zero-order chi connectivity index (χ0) is 22.9. The summed E-state index contributed by atoms with van der Waals surface area (Å²) in [7, 11) is 1.60. The van der Waals surface area contributed by atoms with Crippen molar-refractivity contribution in [2.75, 3.05) is 20.2 Å². The number of rotatable bonds is 5. The molecule has 8 nitrogen and oxygen atoms in total. The summed E-state index contributed by atoms with van der Waals surface area (Å²) in [5.74, 6) is -0.132. The van der Waals surface area contributed by atoms with Crippen LogP contribution >= 0.6 is 0 Å². The van der Waals surface area contributed by atoms with Crippen molar-refractivity contribution in [2.45, 2.75) is 12.5 Å². The number of carbonyl (C=O) groups excluding carboxylic acids is 3. The lowest BCUT2D eigenvalue weighted by atomic mass is 9.95. The van der Waals surface area contributed by atoms with Crippen LogP contribution in [0.2, 0.25) is 0 Å². The molecular weight excluding hydrogens is 420 g/mol. The minimum absolute atomic E-state index is 0.0987. The van der Waals surface area contributed by atoms with Crippen LogP contribution < -0.4 is 10.1 Å². The predicted molar refractivity (Wildman–Crippen MR) is 123 cm³/mol. The van der Waals surface area contributed by atoms with Gasteiger partial charge in [0.15, 0.2) is 0 Å². The van der Waals surface area contributed by atoms with Gasteiger partial charge in [-0.1, -0.05) is 54.6 Å². The van der Waals surface area contributed by atoms with E-state index < -0.39 is 17.8 Å². The maximum Gasteiger partial charge on any atom is 0.325 e. The SMILES string of the molecule is COc1ccc(C2CC(c3cccc4ccccc34)=NN2C(=O)CN2C(=O)CNC2=O)cc1. The van der Waals surface area contributed by atoms with Crippen LogP contribution in [0.15, 0.2) is 71.8 Å². The first kappa shape index (κ1) is 20.7. The first-order valence-electron chi connectivity index (χ1n) is 10.6. The van der Waals surface area contributed by atoms with E-state index in [1.807, 2.05) is 66.7 Å². The number of benzene rings is 3. The van der Waals surface area contributed by atoms with Crippen LogP contribution in [0.5, 0.6) is 5.75 Å². The van der Waals surface area contributed by atoms with Crippen molar-refractivity contribution in [2.24, 2.45) is 5.10 Å². The number of methoxy groups -OCH3 is 1. The minimum Gasteiger partial charge on any atom is -0.497 e. The largest absolute Gasteiger partial charge is 0.497 e. The lowest BCUT2D eigenvalue weighted by Gasteiger charge is -2.23. The summed E-state index contributed by atoms with van der Waals surface area (Å²) in [6, 6.07) is 20.6. The van der Waals surface area contributed by atoms with E-state index in [2.05, 4.69) is 5.32 Å². The lowest BCUT2D eigenvalue weighted by Crippen LogP contribution is -2.41. The molecule has 1 saturated heterocycles. The highest BCUT2D eigenvalue weighted by Crippen LogP contribution is 2.35. The highest BCUT2D eigenvalue weighted by Gasteiger charge is 2.37. The zero-order valence-corrected chi connectivity index (χ0v) is 18.0. The van der Waals surface area contributed by atoms with Gasteiger partial charge in [0.25, 0.3) is 11.8 Å². The summed E-state index contributed by atoms with van der Waals surface area (Å²) in [5.41, 5.74) is 2.62. The van der Waals surface area contributed by atoms with Crippen LogP contribution in [0.1, 0.15) is 23.6 Å². The van der Waals surface area contributed by atoms with Crippen molar-refractivity contribution < 1.29 is 19.1 Å². The number of fused-ring (bicyclic) bond motifs is 1. The third-order valence-corrected chi connectivity index (χ3v) is 6.00. The van der Waals surface area contributed by atoms with Gasteiger partial charge in [-0.25, -0.2) is 9.80 Å². The number of amides is 4. The van der Waals surface area contributed by atoms with Gasteiger partial charge in [-0.15, -0.1) is 0 Å². The van der Waals surface area contributed by atoms with Gasteiger partial charge < -0.3 is 10.1 Å². The summed E-state index contributed by atoms with van der Waals surface area (Å²) >= 11 is 0. The molecule has 0 saturated carbocycles. The molecule has 1 N–H and O–H groups in total. The van der Waals surface area contributed by atoms with Gasteiger partial charge in [-0.3, -0.25) is 14.5 Å². The van der Waals surface area contributed by atoms with Crippen molar-refractivity contribution in [3.63, 3.8) is 0 Å². The molecule has 5 rings (SSSR count). The third kappa shape index (κ3) is 3.80. The van der Waals surface area contributed by atoms with Crippen molar-refractivity contribution in [3.05, 3.63) is 77.9 Å². The Morgan fingerprint density at radius 2 is 1.82 bits per heavy atom. The van der Waals surface area contributed by atoms with E-state index in [1.54, 1.807) is 7.11 Å². The second kappa shape index (κ2) is 8.38. The predicted octanol–water partition coefficient (Wildman–Crippen LogP) is 3.08. The number of imide groups is 1. The molecule has 2 aliphatic rings. The van der Waals surface area contributed by atoms with E-state index in [0.29, 0.717) is 12.2 Å². The standard InChI is InChI=1S/C25H22N4O4/c1-33-18-11-9-17(10-12-18)22-13-21(20-8-4-6-16-5-2-3-7-19(16)20)27-29(22)24(31)15-28-23(30)14-26-25(28)32/h2-12,22H,13-15H2,1H3,(H,26,32). The molecule has 0 radical (unpaired) electrons. The van der Waals surface area contributed by atoms with Crippen molar-refractivity contribution in [3.8, 4) is 5.75 Å². The second-order valence-corrected chi connectivity index (χ2v) is 7.94. The molecule has 1 fully saturated rings. The maximum atomic E-state index is 13.3. The first-order valence-corrected chi connectivity index (χ1v) is 10.6. The molecule has 0 bridgehead atoms. The molecule has 0 spiro atoms. The number of hydrogen-bond donors (Lipinski definition) is 1. The maximum absolute atomic E-state index is 13.3. The molecule has 33 heavy (non-hydrogen) atoms. The van der Waals surface area contributed by atoms with Gasteiger partial charge in [-0.05, 0) is 28.5 Å². The number of hydrazone groups is 1. The van der Waals surface area contributed by atoms with Gasteiger partial charge >= 0.3 is 6.03 Å². The van der Waals surface area contributed by atoms with E-state index in [-0.39, 0.29) is 19.1 Å². The summed E-state index contributed by atoms with van der Waals surface area (Å²) in [4.78, 5) is 38.2. The molecular formula is C25H22N4O4. The Kier molecular flexibility index (Phi) is 5.26. The average Bonchev–Trinajstić information content (AvgIpc) is 3.43. The molecule has 2 heterocycles. The number of ether oxygens (including phenoxy) is 1. The van der Waals surface area contributed by atoms with Gasteiger partial charge in [0, 0.05) is 12.0 Å². The molecule has 8 heteroatoms. The molecule has 1 atom stereocenters. The molecule has 166 valence electrons. The van der Waals surface area contributed by atoms with Crippen LogP contribution in [0.3, 0.4) is 0 Å². The monoisotopic (exact) mass is 442 g/mol. The number of nitrogens with one attached hydrogen (secondary N) is 1. The highest BCUT2D eigenvalue weighted by molar-refractivity contribution is 6.12. The summed E-state index contributed by atoms with van der Waals surface area (Å²) < 4.78 is 5.26. The van der Waals surface area contributed by atoms with Crippen LogP contribution in [0.25, 0.3) is 10.8 Å². The van der Waals surface area contributed by atoms with Gasteiger partial charge in [0.1, 0.15) is 12.3 Å². The summed E-state index contributed by atoms with van der Waals surface area (Å²) in [6.07, 6.45) is 0.506. The number of hydrogen-bond acceptors (Lipinski definition) is 5. The van der Waals surface area contributed by atoms with E-state index >= 15 is 0 Å². The Balaban J connectivity index is 1.52. The Morgan fingerprint density at radius 1 is 1.06 bits per heavy atom. The normalized spacial score (nSPS) is 18.0. The number of nitrogens with zero attached hydrogens (tertiary/aromatic N) is 3. The van der Waals surface area contributed by atoms with Gasteiger partial charge in [0.05, 0.1) is 25.4 Å². The lowest BCUT2D eigenvalue weighted by molar-refractivity contribution is -0.137. The van der Waals surface area contributed by atoms with E-state index in [1.165, 1.54) is 5.01 Å². The summed E-state index contributed by atoms with van der Waals surface area (Å²) in [5, 5.41) is 10.7. The van der Waals surface area contributed by atoms with Crippen LogP contribution in [-0.2, 0) is 9.59 Å². The number of urea groups is 1. The van der Waals surface area contributed by atoms with E-state index in [0.717, 1.165) is 32.5 Å². The number of carbonyl (C=O) groups is 3. The van der Waals surface area contributed by atoms with Gasteiger partial charge in [-0.2, -0.15) is 5.10 Å². The van der Waals surface area contributed by atoms with Crippen LogP contribution in [0.4, 0.5) is 4.79 Å². The molecule has 3 aromatic rings. The Hall–Kier alpha value is -4.20. The highest BCUT2D eigenvalue weighted by atomic mass is 16.5. The third-order valence-electron chi connectivity index (χ3n) is 6.00. The van der Waals surface area contributed by atoms with Crippen LogP contribution in [-0.4, -0.2) is 53.7 Å². The molecule has 0 aromatic heterocycles. The fraction of sp³-hybridized carbons (Fsp3) is 0.200. The van der Waals surface area contributed by atoms with Crippen molar-refractivity contribution >= 4 is 34.3 Å². The molecule has 1 unspecified atom stereocenters. The Morgan fingerprint density at radius 3 is 2.55 bits per heavy atom. The topological polar surface area (TPSA) is 91.3 Å². The van der Waals surface area contributed by atoms with Gasteiger partial charge in [0.2, 0.25) is 0 Å². The summed E-state index contributed by atoms with van der Waals surface area (Å²) in [6.45, 7) is -0.456. The van der Waals surface area contributed by atoms with Crippen molar-refractivity contribution in [1.29, 1.82) is 0 Å². The zero-order valence-electron chi connectivity index (χ0n) is 18.0. The fourth-order valence-corrected chi connectivity index (χ4v) is 4.29. The molecule has 3 aromatic carbocycles. The Bertz CT molecular complexity index is 1260. The van der Waals surface area contributed by atoms with E-state index in [4.69, 9.17) is 9.84 Å². The first-order chi connectivity index (χ1) is 16.0. The smallest absolute Gasteiger partial charge is 0.325 e. The van der Waals surface area contributed by atoms with Crippen molar-refractivity contribution in [1.82, 2.24) is 15.2 Å². The fourth-order valence-electron chi connectivity index (χ4n) is 4.29. The van der Waals surface area contributed by atoms with Crippen LogP contribution in [0, 0.1) is 0 Å². The second-order valence-electron chi connectivity index (χ2n) is 7.94. The average molecular weight is 442 g/mol. The van der Waals surface area contributed by atoms with E-state index in [9.17, 15) is 14.4 Å². The minimum atomic E-state index is -0.563. The Labute approximate surface area is 190 Å².